The molecular formula is C22H23BrF3NO5S. The second-order valence-electron chi connectivity index (χ2n) is 7.10. The lowest BCUT2D eigenvalue weighted by atomic mass is 10.1. The van der Waals surface area contributed by atoms with E-state index < -0.39 is 22.7 Å². The molecule has 0 radical (unpaired) electrons. The van der Waals surface area contributed by atoms with Gasteiger partial charge in [0.25, 0.3) is 0 Å². The minimum Gasteiger partial charge on any atom is -0.497 e. The van der Waals surface area contributed by atoms with Crippen molar-refractivity contribution in [1.29, 1.82) is 0 Å². The Morgan fingerprint density at radius 1 is 1.15 bits per heavy atom. The number of carbonyl (C=O) groups is 2. The van der Waals surface area contributed by atoms with Gasteiger partial charge < -0.3 is 9.64 Å². The van der Waals surface area contributed by atoms with E-state index in [4.69, 9.17) is 6.11 Å². The fourth-order valence-corrected chi connectivity index (χ4v) is 5.32. The number of nitrogens with zero attached hydrogens (tertiary/aromatic N) is 1. The summed E-state index contributed by atoms with van der Waals surface area (Å²) in [5, 5.41) is 0. The van der Waals surface area contributed by atoms with E-state index in [1.165, 1.54) is 12.1 Å². The summed E-state index contributed by atoms with van der Waals surface area (Å²) in [6.45, 7) is 0.484. The molecule has 6 nitrogen and oxygen atoms in total. The number of likely N-dealkylation sites (tertiary alicyclic amines) is 1. The normalized spacial score (nSPS) is 21.7. The highest BCUT2D eigenvalue weighted by molar-refractivity contribution is 9.09. The molecule has 1 amide bonds. The molecule has 1 saturated heterocycles. The summed E-state index contributed by atoms with van der Waals surface area (Å²) < 4.78 is 66.0. The second kappa shape index (κ2) is 11.6. The number of sulfone groups is 1. The lowest BCUT2D eigenvalue weighted by Crippen LogP contribution is -2.42. The molecule has 3 unspecified atom stereocenters. The van der Waals surface area contributed by atoms with Gasteiger partial charge in [0.05, 0.1) is 31.3 Å². The molecule has 2 aromatic rings. The maximum Gasteiger partial charge on any atom is 0.341 e. The predicted octanol–water partition coefficient (Wildman–Crippen LogP) is 4.03. The average molecular weight is 551 g/mol. The first-order chi connectivity index (χ1) is 16.1. The van der Waals surface area contributed by atoms with Gasteiger partial charge in [-0.3, -0.25) is 14.0 Å². The number of hydrogen-bond donors (Lipinski definition) is 0. The first kappa shape index (κ1) is 25.2. The van der Waals surface area contributed by atoms with Crippen LogP contribution in [0.15, 0.2) is 59.5 Å². The van der Waals surface area contributed by atoms with E-state index in [2.05, 4.69) is 15.9 Å². The maximum absolute atomic E-state index is 12.2. The molecule has 1 heterocycles. The molecule has 1 aliphatic heterocycles. The number of rotatable bonds is 5. The van der Waals surface area contributed by atoms with E-state index in [1.807, 2.05) is 24.3 Å². The number of ether oxygens (including phenoxy) is 1. The van der Waals surface area contributed by atoms with Crippen LogP contribution in [0.25, 0.3) is 0 Å². The van der Waals surface area contributed by atoms with Crippen molar-refractivity contribution in [2.45, 2.75) is 34.5 Å². The van der Waals surface area contributed by atoms with Crippen molar-refractivity contribution in [2.75, 3.05) is 14.3 Å². The molecule has 2 fully saturated rings. The maximum atomic E-state index is 12.2. The minimum absolute atomic E-state index is 0.0225. The number of carbonyl (C=O) groups excluding carboxylic acids is 2. The van der Waals surface area contributed by atoms with Crippen LogP contribution in [0.5, 0.6) is 5.75 Å². The number of amides is 1. The number of Topliss-reactive ketones (excluding diaryl/α,β-unsaturated/α-hetero) is 1. The predicted molar refractivity (Wildman–Crippen MR) is 120 cm³/mol. The van der Waals surface area contributed by atoms with Gasteiger partial charge in [-0.15, -0.1) is 0 Å². The van der Waals surface area contributed by atoms with Crippen LogP contribution < -0.4 is 4.74 Å². The SMILES string of the molecule is COc1ccc(CN2C(=O)C3CC(=O)C2C3Br)cc1.O=S(=O)(c1ccccc1)C(F)F.[2H]CF. The Labute approximate surface area is 200 Å². The number of fused-ring (bicyclic) bond motifs is 2. The molecule has 2 aliphatic rings. The van der Waals surface area contributed by atoms with E-state index in [0.717, 1.165) is 23.4 Å². The van der Waals surface area contributed by atoms with Crippen molar-refractivity contribution in [2.24, 2.45) is 5.92 Å². The van der Waals surface area contributed by atoms with Crippen LogP contribution in [0.1, 0.15) is 13.4 Å². The fraction of sp³-hybridized carbons (Fsp3) is 0.364. The second-order valence-corrected chi connectivity index (χ2v) is 10.1. The lowest BCUT2D eigenvalue weighted by Gasteiger charge is -2.26. The van der Waals surface area contributed by atoms with Crippen molar-refractivity contribution >= 4 is 37.5 Å². The standard InChI is InChI=1S/C14H14BrNO3.C7H6F2O2S.CH3F/c1-19-9-4-2-8(3-5-9)7-16-13-11(17)6-10(12(13)15)14(16)18;8-7(9)12(10,11)6-4-2-1-3-5-6;1-2/h2-5,10,12-13H,6-7H2,1H3;1-5,7H;1H3/i;;1D. The molecule has 1 saturated carbocycles. The highest BCUT2D eigenvalue weighted by atomic mass is 79.9. The van der Waals surface area contributed by atoms with Crippen molar-refractivity contribution in [1.82, 2.24) is 4.90 Å². The monoisotopic (exact) mass is 550 g/mol. The molecule has 0 spiro atoms. The number of halogens is 4. The van der Waals surface area contributed by atoms with Crippen LogP contribution in [-0.2, 0) is 26.0 Å². The number of methoxy groups -OCH3 is 1. The van der Waals surface area contributed by atoms with Gasteiger partial charge in [-0.05, 0) is 29.8 Å². The molecule has 0 N–H and O–H groups in total. The minimum atomic E-state index is -4.41. The topological polar surface area (TPSA) is 80.8 Å². The molecule has 180 valence electrons. The summed E-state index contributed by atoms with van der Waals surface area (Å²) in [5.74, 6) is -2.48. The summed E-state index contributed by atoms with van der Waals surface area (Å²) in [7, 11) is -3.79. The van der Waals surface area contributed by atoms with Gasteiger partial charge in [-0.1, -0.05) is 46.3 Å². The lowest BCUT2D eigenvalue weighted by molar-refractivity contribution is -0.141. The van der Waals surface area contributed by atoms with Crippen LogP contribution in [0.3, 0.4) is 0 Å². The van der Waals surface area contributed by atoms with Crippen molar-refractivity contribution in [3.63, 3.8) is 0 Å². The highest BCUT2D eigenvalue weighted by Crippen LogP contribution is 2.41. The van der Waals surface area contributed by atoms with E-state index in [1.54, 1.807) is 18.1 Å². The summed E-state index contributed by atoms with van der Waals surface area (Å²) in [5.41, 5.74) is 1.01. The number of benzene rings is 2. The molecule has 2 bridgehead atoms. The molecule has 1 aliphatic carbocycles. The molecule has 11 heteroatoms. The van der Waals surface area contributed by atoms with E-state index in [9.17, 15) is 31.2 Å². The molecule has 4 rings (SSSR count). The average Bonchev–Trinajstić information content (AvgIpc) is 3.23. The van der Waals surface area contributed by atoms with Gasteiger partial charge in [-0.25, -0.2) is 8.42 Å². The number of alkyl halides is 4. The Balaban J connectivity index is 0.000000234. The number of ketones is 1. The van der Waals surface area contributed by atoms with E-state index in [-0.39, 0.29) is 33.4 Å². The third-order valence-corrected chi connectivity index (χ3v) is 7.73. The van der Waals surface area contributed by atoms with Crippen molar-refractivity contribution in [3.05, 3.63) is 60.2 Å². The van der Waals surface area contributed by atoms with Crippen LogP contribution in [0.4, 0.5) is 13.2 Å². The van der Waals surface area contributed by atoms with Crippen LogP contribution in [0.2, 0.25) is 0 Å². The van der Waals surface area contributed by atoms with Gasteiger partial charge in [0, 0.05) is 13.0 Å². The fourth-order valence-electron chi connectivity index (χ4n) is 3.58. The zero-order valence-electron chi connectivity index (χ0n) is 18.5. The first-order valence-corrected chi connectivity index (χ1v) is 12.1. The molecule has 33 heavy (non-hydrogen) atoms. The van der Waals surface area contributed by atoms with E-state index >= 15 is 0 Å². The summed E-state index contributed by atoms with van der Waals surface area (Å²) in [6.07, 6.45) is 0.387. The number of hydrogen-bond acceptors (Lipinski definition) is 5. The summed E-state index contributed by atoms with van der Waals surface area (Å²) in [6, 6.07) is 13.9. The van der Waals surface area contributed by atoms with Crippen molar-refractivity contribution in [3.8, 4) is 5.75 Å². The Morgan fingerprint density at radius 3 is 2.21 bits per heavy atom. The zero-order chi connectivity index (χ0) is 25.5. The van der Waals surface area contributed by atoms with E-state index in [0.29, 0.717) is 13.0 Å². The van der Waals surface area contributed by atoms with Gasteiger partial charge >= 0.3 is 5.76 Å². The largest absolute Gasteiger partial charge is 0.497 e. The van der Waals surface area contributed by atoms with Crippen LogP contribution >= 0.6 is 15.9 Å². The van der Waals surface area contributed by atoms with Crippen LogP contribution in [-0.4, -0.2) is 55.9 Å². The Hall–Kier alpha value is -2.40. The molecule has 3 atom stereocenters. The van der Waals surface area contributed by atoms with Crippen LogP contribution in [0, 0.1) is 5.92 Å². The molecule has 2 aromatic carbocycles. The van der Waals surface area contributed by atoms with Gasteiger partial charge in [0.15, 0.2) is 5.78 Å². The van der Waals surface area contributed by atoms with Gasteiger partial charge in [0.1, 0.15) is 11.8 Å². The molecular weight excluding hydrogens is 527 g/mol. The quantitative estimate of drug-likeness (QED) is 0.525. The number of piperidine rings is 1. The summed E-state index contributed by atoms with van der Waals surface area (Å²) in [4.78, 5) is 25.3. The van der Waals surface area contributed by atoms with Gasteiger partial charge in [0.2, 0.25) is 15.7 Å². The third-order valence-electron chi connectivity index (χ3n) is 5.19. The highest BCUT2D eigenvalue weighted by Gasteiger charge is 2.56. The molecule has 0 aromatic heterocycles. The van der Waals surface area contributed by atoms with Crippen molar-refractivity contribution < 1.29 is 37.3 Å². The Bertz CT molecular complexity index is 1070. The summed E-state index contributed by atoms with van der Waals surface area (Å²) >= 11 is 3.49. The van der Waals surface area contributed by atoms with Gasteiger partial charge in [-0.2, -0.15) is 8.78 Å². The zero-order valence-corrected chi connectivity index (χ0v) is 19.9. The Kier molecular flexibility index (Phi) is 8.90. The third kappa shape index (κ3) is 5.94. The first-order valence-electron chi connectivity index (χ1n) is 10.3. The smallest absolute Gasteiger partial charge is 0.341 e. The Morgan fingerprint density at radius 2 is 1.73 bits per heavy atom.